The highest BCUT2D eigenvalue weighted by Crippen LogP contribution is 2.39. The molecule has 4 rings (SSSR count). The van der Waals surface area contributed by atoms with Crippen molar-refractivity contribution in [1.29, 1.82) is 0 Å². The molecule has 0 bridgehead atoms. The van der Waals surface area contributed by atoms with Gasteiger partial charge >= 0.3 is 5.97 Å². The van der Waals surface area contributed by atoms with Gasteiger partial charge in [-0.2, -0.15) is 15.0 Å². The second kappa shape index (κ2) is 16.2. The number of carbonyl (C=O) groups is 3. The van der Waals surface area contributed by atoms with Crippen molar-refractivity contribution in [1.82, 2.24) is 15.0 Å². The van der Waals surface area contributed by atoms with E-state index in [1.165, 1.54) is 6.07 Å². The van der Waals surface area contributed by atoms with Gasteiger partial charge in [0.25, 0.3) is 11.8 Å². The highest BCUT2D eigenvalue weighted by molar-refractivity contribution is 6.34. The Morgan fingerprint density at radius 1 is 0.952 bits per heavy atom. The van der Waals surface area contributed by atoms with Gasteiger partial charge in [-0.15, -0.1) is 0 Å². The zero-order chi connectivity index (χ0) is 30.6. The van der Waals surface area contributed by atoms with E-state index in [1.807, 2.05) is 20.8 Å². The van der Waals surface area contributed by atoms with Crippen LogP contribution >= 0.6 is 23.2 Å². The van der Waals surface area contributed by atoms with E-state index in [1.54, 1.807) is 0 Å². The van der Waals surface area contributed by atoms with Gasteiger partial charge in [0.05, 0.1) is 17.3 Å². The van der Waals surface area contributed by atoms with Gasteiger partial charge in [0.1, 0.15) is 11.6 Å². The molecule has 0 unspecified atom stereocenters. The Morgan fingerprint density at radius 2 is 1.55 bits per heavy atom. The van der Waals surface area contributed by atoms with Crippen LogP contribution in [-0.2, 0) is 19.1 Å². The number of rotatable bonds is 12. The second-order valence-corrected chi connectivity index (χ2v) is 10.1. The molecule has 0 fully saturated rings. The summed E-state index contributed by atoms with van der Waals surface area (Å²) in [6.45, 7) is 7.37. The molecule has 2 amide bonds. The summed E-state index contributed by atoms with van der Waals surface area (Å²) in [5, 5.41) is 6.05. The smallest absolute Gasteiger partial charge is 0.344 e. The van der Waals surface area contributed by atoms with E-state index >= 15 is 0 Å². The number of unbranched alkanes of at least 4 members (excludes halogenated alkanes) is 2. The largest absolute Gasteiger partial charge is 0.480 e. The lowest BCUT2D eigenvalue weighted by Gasteiger charge is -2.18. The third-order valence-electron chi connectivity index (χ3n) is 6.27. The average Bonchev–Trinajstić information content (AvgIpc) is 3.21. The van der Waals surface area contributed by atoms with E-state index < -0.39 is 30.2 Å². The molecule has 1 aliphatic carbocycles. The molecule has 2 aromatic rings. The van der Waals surface area contributed by atoms with Crippen molar-refractivity contribution in [3.63, 3.8) is 0 Å². The first-order valence-electron chi connectivity index (χ1n) is 14.0. The summed E-state index contributed by atoms with van der Waals surface area (Å²) in [6.07, 6.45) is 5.40. The van der Waals surface area contributed by atoms with Crippen LogP contribution in [0.3, 0.4) is 0 Å². The average molecular weight is 626 g/mol. The number of nitrogens with one attached hydrogen (secondary N) is 2. The molecule has 0 atom stereocenters. The van der Waals surface area contributed by atoms with E-state index in [-0.39, 0.29) is 21.7 Å². The van der Waals surface area contributed by atoms with Crippen molar-refractivity contribution >= 4 is 58.6 Å². The fourth-order valence-electron chi connectivity index (χ4n) is 4.30. The molecule has 1 aromatic heterocycles. The predicted octanol–water partition coefficient (Wildman–Crippen LogP) is 5.72. The van der Waals surface area contributed by atoms with Crippen molar-refractivity contribution in [2.45, 2.75) is 65.7 Å². The number of amides is 2. The molecule has 0 spiro atoms. The Kier molecular flexibility index (Phi) is 12.7. The summed E-state index contributed by atoms with van der Waals surface area (Å²) < 4.78 is 25.0. The van der Waals surface area contributed by atoms with Gasteiger partial charge < -0.3 is 20.1 Å². The van der Waals surface area contributed by atoms with Crippen molar-refractivity contribution in [2.24, 2.45) is 0 Å². The summed E-state index contributed by atoms with van der Waals surface area (Å²) in [7, 11) is 0. The highest BCUT2D eigenvalue weighted by atomic mass is 35.5. The maximum atomic E-state index is 14.5. The quantitative estimate of drug-likeness (QED) is 0.171. The summed E-state index contributed by atoms with van der Waals surface area (Å²) in [4.78, 5) is 49.8. The Hall–Kier alpha value is -3.51. The van der Waals surface area contributed by atoms with Crippen molar-refractivity contribution in [3.05, 3.63) is 39.4 Å². The van der Waals surface area contributed by atoms with Gasteiger partial charge in [0, 0.05) is 30.3 Å². The molecule has 0 radical (unpaired) electrons. The minimum atomic E-state index is -0.814. The Balaban J connectivity index is 0.000000312. The molecular formula is C28H35Cl2FN6O5. The second-order valence-electron chi connectivity index (χ2n) is 9.37. The summed E-state index contributed by atoms with van der Waals surface area (Å²) >= 11 is 11.7. The molecule has 2 heterocycles. The van der Waals surface area contributed by atoms with E-state index in [0.717, 1.165) is 56.2 Å². The van der Waals surface area contributed by atoms with Crippen LogP contribution in [0.1, 0.15) is 65.7 Å². The van der Waals surface area contributed by atoms with Gasteiger partial charge in [-0.05, 0) is 63.6 Å². The zero-order valence-corrected chi connectivity index (χ0v) is 25.4. The topological polar surface area (TPSA) is 136 Å². The molecule has 2 aliphatic rings. The van der Waals surface area contributed by atoms with Crippen LogP contribution in [0.25, 0.3) is 0 Å². The molecule has 0 saturated carbocycles. The number of benzene rings is 1. The lowest BCUT2D eigenvalue weighted by atomic mass is 9.93. The number of imide groups is 1. The molecule has 1 aliphatic heterocycles. The highest BCUT2D eigenvalue weighted by Gasteiger charge is 2.41. The van der Waals surface area contributed by atoms with E-state index in [0.29, 0.717) is 42.5 Å². The molecule has 1 aromatic carbocycles. The molecule has 228 valence electrons. The van der Waals surface area contributed by atoms with Gasteiger partial charge in [0.15, 0.2) is 6.61 Å². The number of aromatic nitrogens is 3. The van der Waals surface area contributed by atoms with Crippen LogP contribution in [0.5, 0.6) is 5.75 Å². The fourth-order valence-corrected chi connectivity index (χ4v) is 4.66. The van der Waals surface area contributed by atoms with Crippen LogP contribution in [0.4, 0.5) is 22.0 Å². The molecule has 2 N–H and O–H groups in total. The first-order valence-corrected chi connectivity index (χ1v) is 14.7. The Morgan fingerprint density at radius 3 is 2.10 bits per heavy atom. The Labute approximate surface area is 254 Å². The standard InChI is InChI=1S/C21H23ClFNO5.C7H12ClN5/c1-2-3-6-9-28-19(25)12-29-18-11-17(16(23)10-15(18)22)24-20(26)13-7-4-5-8-14(13)21(24)27;1-3-9-6-11-5(8)12-7(13-6)10-4-2/h10-11H,2-9,12H2,1H3;3-4H2,1-2H3,(H2,9,10,11,12,13). The van der Waals surface area contributed by atoms with E-state index in [4.69, 9.17) is 32.7 Å². The molecule has 0 saturated heterocycles. The number of hydrogen-bond donors (Lipinski definition) is 2. The van der Waals surface area contributed by atoms with Gasteiger partial charge in [-0.1, -0.05) is 31.4 Å². The number of hydrogen-bond acceptors (Lipinski definition) is 10. The normalized spacial score (nSPS) is 14.3. The zero-order valence-electron chi connectivity index (χ0n) is 23.9. The summed E-state index contributed by atoms with van der Waals surface area (Å²) in [6, 6.07) is 2.15. The SMILES string of the molecule is CCCCCOC(=O)COc1cc(N2C(=O)C3=C(CCCC3)C2=O)c(F)cc1Cl.CCNc1nc(Cl)nc(NCC)n1. The number of nitrogens with zero attached hydrogens (tertiary/aromatic N) is 4. The van der Waals surface area contributed by atoms with E-state index in [9.17, 15) is 18.8 Å². The van der Waals surface area contributed by atoms with Crippen molar-refractivity contribution < 1.29 is 28.2 Å². The fraction of sp³-hybridized carbons (Fsp3) is 0.500. The number of halogens is 3. The maximum Gasteiger partial charge on any atom is 0.344 e. The lowest BCUT2D eigenvalue weighted by Crippen LogP contribution is -2.32. The minimum absolute atomic E-state index is 0.000883. The molecule has 42 heavy (non-hydrogen) atoms. The first kappa shape index (κ1) is 33.0. The number of carbonyl (C=O) groups excluding carboxylic acids is 3. The van der Waals surface area contributed by atoms with Gasteiger partial charge in [-0.3, -0.25) is 9.59 Å². The molecular weight excluding hydrogens is 590 g/mol. The van der Waals surface area contributed by atoms with Crippen molar-refractivity contribution in [2.75, 3.05) is 41.8 Å². The number of esters is 1. The number of ether oxygens (including phenoxy) is 2. The van der Waals surface area contributed by atoms with Gasteiger partial charge in [-0.25, -0.2) is 14.1 Å². The first-order chi connectivity index (χ1) is 20.2. The van der Waals surface area contributed by atoms with Crippen LogP contribution < -0.4 is 20.3 Å². The molecule has 14 heteroatoms. The van der Waals surface area contributed by atoms with Crippen LogP contribution in [0, 0.1) is 5.82 Å². The maximum absolute atomic E-state index is 14.5. The Bertz CT molecular complexity index is 1270. The van der Waals surface area contributed by atoms with Crippen LogP contribution in [0.15, 0.2) is 23.3 Å². The minimum Gasteiger partial charge on any atom is -0.480 e. The predicted molar refractivity (Wildman–Crippen MR) is 159 cm³/mol. The van der Waals surface area contributed by atoms with Crippen LogP contribution in [-0.4, -0.2) is 59.0 Å². The third-order valence-corrected chi connectivity index (χ3v) is 6.73. The molecule has 11 nitrogen and oxygen atoms in total. The van der Waals surface area contributed by atoms with Crippen LogP contribution in [0.2, 0.25) is 10.3 Å². The lowest BCUT2D eigenvalue weighted by molar-refractivity contribution is -0.146. The summed E-state index contributed by atoms with van der Waals surface area (Å²) in [5.41, 5.74) is 0.674. The van der Waals surface area contributed by atoms with Gasteiger partial charge in [0.2, 0.25) is 17.2 Å². The monoisotopic (exact) mass is 624 g/mol. The number of anilines is 3. The third kappa shape index (κ3) is 8.75. The summed E-state index contributed by atoms with van der Waals surface area (Å²) in [5.74, 6) is -1.41. The van der Waals surface area contributed by atoms with E-state index in [2.05, 4.69) is 25.6 Å². The van der Waals surface area contributed by atoms with Crippen molar-refractivity contribution in [3.8, 4) is 5.75 Å².